The fourth-order valence-corrected chi connectivity index (χ4v) is 5.26. The van der Waals surface area contributed by atoms with Crippen LogP contribution in [0, 0.1) is 0 Å². The van der Waals surface area contributed by atoms with Gasteiger partial charge in [0.15, 0.2) is 0 Å². The molecule has 132 valence electrons. The van der Waals surface area contributed by atoms with Gasteiger partial charge < -0.3 is 0 Å². The van der Waals surface area contributed by atoms with E-state index in [-0.39, 0.29) is 5.41 Å². The summed E-state index contributed by atoms with van der Waals surface area (Å²) >= 11 is 0. The normalized spacial score (nSPS) is 14.5. The fourth-order valence-electron chi connectivity index (χ4n) is 5.26. The lowest BCUT2D eigenvalue weighted by Gasteiger charge is -2.22. The van der Waals surface area contributed by atoms with Crippen LogP contribution in [0.3, 0.4) is 0 Å². The molecule has 0 aliphatic heterocycles. The molecule has 0 fully saturated rings. The zero-order valence-corrected chi connectivity index (χ0v) is 16.5. The maximum Gasteiger partial charge on any atom is 0.139 e. The molecule has 0 heterocycles. The van der Waals surface area contributed by atoms with Gasteiger partial charge in [-0.05, 0) is 66.7 Å². The third-order valence-corrected chi connectivity index (χ3v) is 6.69. The van der Waals surface area contributed by atoms with Crippen molar-refractivity contribution in [2.75, 3.05) is 0 Å². The van der Waals surface area contributed by atoms with Crippen LogP contribution < -0.4 is 5.46 Å². The molecule has 0 atom stereocenters. The molecular weight excluding hydrogens is 335 g/mol. The molecule has 5 aromatic carbocycles. The lowest BCUT2D eigenvalue weighted by Crippen LogP contribution is -2.15. The highest BCUT2D eigenvalue weighted by Crippen LogP contribution is 2.50. The van der Waals surface area contributed by atoms with Gasteiger partial charge in [-0.3, -0.25) is 0 Å². The van der Waals surface area contributed by atoms with Gasteiger partial charge in [0.2, 0.25) is 0 Å². The fraction of sp³-hybridized carbons (Fsp3) is 0.111. The van der Waals surface area contributed by atoms with Gasteiger partial charge in [-0.2, -0.15) is 0 Å². The van der Waals surface area contributed by atoms with Gasteiger partial charge in [-0.25, -0.2) is 0 Å². The average Bonchev–Trinajstić information content (AvgIpc) is 2.93. The minimum Gasteiger partial charge on any atom is -0.0883 e. The minimum absolute atomic E-state index is 0.0271. The first-order valence-electron chi connectivity index (χ1n) is 10.0. The zero-order chi connectivity index (χ0) is 19.0. The van der Waals surface area contributed by atoms with Crippen LogP contribution in [0.5, 0.6) is 0 Å². The molecule has 0 amide bonds. The second-order valence-corrected chi connectivity index (χ2v) is 8.71. The third-order valence-electron chi connectivity index (χ3n) is 6.69. The van der Waals surface area contributed by atoms with E-state index in [1.54, 1.807) is 0 Å². The Kier molecular flexibility index (Phi) is 3.00. The van der Waals surface area contributed by atoms with Crippen LogP contribution in [-0.2, 0) is 5.41 Å². The average molecular weight is 356 g/mol. The highest BCUT2D eigenvalue weighted by atomic mass is 14.4. The molecule has 0 bridgehead atoms. The summed E-state index contributed by atoms with van der Waals surface area (Å²) in [5.41, 5.74) is 7.04. The number of hydrogen-bond donors (Lipinski definition) is 0. The van der Waals surface area contributed by atoms with Crippen molar-refractivity contribution >= 4 is 45.6 Å². The summed E-state index contributed by atoms with van der Waals surface area (Å²) in [6.07, 6.45) is 0. The summed E-state index contributed by atoms with van der Waals surface area (Å²) in [6.45, 7) is 4.73. The number of fused-ring (bicyclic) bond motifs is 9. The van der Waals surface area contributed by atoms with Crippen LogP contribution in [0.4, 0.5) is 0 Å². The Morgan fingerprint density at radius 2 is 1.04 bits per heavy atom. The van der Waals surface area contributed by atoms with E-state index < -0.39 is 0 Å². The Hall–Kier alpha value is -3.06. The SMILES string of the molecule is Bc1ccc2c(c1)-c1cc3c4ccccc4c4ccccc4c3cc1C2(C)C. The molecule has 0 nitrogen and oxygen atoms in total. The van der Waals surface area contributed by atoms with Crippen molar-refractivity contribution in [2.24, 2.45) is 0 Å². The second kappa shape index (κ2) is 5.26. The standard InChI is InChI=1S/C27H21B/c1-27(2)25-12-11-16(28)13-23(25)24-14-21-19-9-5-3-7-17(19)18-8-4-6-10-20(18)22(21)15-26(24)27/h3-15H,28H2,1-2H3. The molecule has 1 aliphatic rings. The van der Waals surface area contributed by atoms with Gasteiger partial charge in [-0.1, -0.05) is 86.0 Å². The van der Waals surface area contributed by atoms with Gasteiger partial charge in [0.1, 0.15) is 7.85 Å². The molecule has 1 aliphatic carbocycles. The lowest BCUT2D eigenvalue weighted by molar-refractivity contribution is 0.661. The largest absolute Gasteiger partial charge is 0.139 e. The molecule has 5 aromatic rings. The van der Waals surface area contributed by atoms with Crippen molar-refractivity contribution < 1.29 is 0 Å². The van der Waals surface area contributed by atoms with E-state index in [2.05, 4.69) is 101 Å². The lowest BCUT2D eigenvalue weighted by atomic mass is 9.80. The molecule has 0 saturated carbocycles. The van der Waals surface area contributed by atoms with Gasteiger partial charge in [0, 0.05) is 5.41 Å². The van der Waals surface area contributed by atoms with Gasteiger partial charge in [-0.15, -0.1) is 0 Å². The van der Waals surface area contributed by atoms with Gasteiger partial charge in [0.05, 0.1) is 0 Å². The maximum atomic E-state index is 2.47. The van der Waals surface area contributed by atoms with E-state index in [1.165, 1.54) is 60.0 Å². The number of rotatable bonds is 0. The third kappa shape index (κ3) is 1.92. The molecule has 0 radical (unpaired) electrons. The molecule has 0 spiro atoms. The first-order chi connectivity index (χ1) is 13.6. The van der Waals surface area contributed by atoms with Crippen molar-refractivity contribution in [3.63, 3.8) is 0 Å². The predicted octanol–water partition coefficient (Wildman–Crippen LogP) is 5.71. The number of benzene rings is 5. The summed E-state index contributed by atoms with van der Waals surface area (Å²) in [4.78, 5) is 0. The molecule has 0 N–H and O–H groups in total. The predicted molar refractivity (Wildman–Crippen MR) is 125 cm³/mol. The highest BCUT2D eigenvalue weighted by Gasteiger charge is 2.35. The zero-order valence-electron chi connectivity index (χ0n) is 16.5. The van der Waals surface area contributed by atoms with E-state index >= 15 is 0 Å². The minimum atomic E-state index is 0.0271. The van der Waals surface area contributed by atoms with E-state index in [0.29, 0.717) is 0 Å². The van der Waals surface area contributed by atoms with Gasteiger partial charge >= 0.3 is 0 Å². The van der Waals surface area contributed by atoms with E-state index in [9.17, 15) is 0 Å². The van der Waals surface area contributed by atoms with Crippen LogP contribution in [0.1, 0.15) is 25.0 Å². The van der Waals surface area contributed by atoms with E-state index in [4.69, 9.17) is 0 Å². The maximum absolute atomic E-state index is 2.47. The second-order valence-electron chi connectivity index (χ2n) is 8.71. The molecule has 0 saturated heterocycles. The Morgan fingerprint density at radius 1 is 0.536 bits per heavy atom. The van der Waals surface area contributed by atoms with Crippen LogP contribution >= 0.6 is 0 Å². The number of hydrogen-bond acceptors (Lipinski definition) is 0. The Balaban J connectivity index is 1.86. The van der Waals surface area contributed by atoms with Crippen molar-refractivity contribution in [2.45, 2.75) is 19.3 Å². The van der Waals surface area contributed by atoms with Crippen molar-refractivity contribution in [3.8, 4) is 11.1 Å². The summed E-state index contributed by atoms with van der Waals surface area (Å²) in [5, 5.41) is 8.10. The molecule has 28 heavy (non-hydrogen) atoms. The molecule has 6 rings (SSSR count). The first-order valence-corrected chi connectivity index (χ1v) is 10.0. The van der Waals surface area contributed by atoms with E-state index in [1.807, 2.05) is 0 Å². The molecular formula is C27H21B. The van der Waals surface area contributed by atoms with Crippen LogP contribution in [0.25, 0.3) is 43.4 Å². The topological polar surface area (TPSA) is 0 Å². The summed E-state index contributed by atoms with van der Waals surface area (Å²) < 4.78 is 0. The quantitative estimate of drug-likeness (QED) is 0.246. The Morgan fingerprint density at radius 3 is 1.64 bits per heavy atom. The molecule has 0 unspecified atom stereocenters. The summed E-state index contributed by atoms with van der Waals surface area (Å²) in [7, 11) is 2.19. The molecule has 1 heteroatoms. The smallest absolute Gasteiger partial charge is 0.0883 e. The Bertz CT molecular complexity index is 1440. The first kappa shape index (κ1) is 16.0. The molecule has 0 aromatic heterocycles. The Labute approximate surface area is 166 Å². The van der Waals surface area contributed by atoms with Crippen molar-refractivity contribution in [1.29, 1.82) is 0 Å². The van der Waals surface area contributed by atoms with Crippen LogP contribution in [0.2, 0.25) is 0 Å². The highest BCUT2D eigenvalue weighted by molar-refractivity contribution is 6.33. The van der Waals surface area contributed by atoms with Crippen LogP contribution in [-0.4, -0.2) is 7.85 Å². The van der Waals surface area contributed by atoms with Crippen LogP contribution in [0.15, 0.2) is 78.9 Å². The van der Waals surface area contributed by atoms with E-state index in [0.717, 1.165) is 0 Å². The monoisotopic (exact) mass is 356 g/mol. The summed E-state index contributed by atoms with van der Waals surface area (Å²) in [5.74, 6) is 0. The van der Waals surface area contributed by atoms with Crippen molar-refractivity contribution in [1.82, 2.24) is 0 Å². The van der Waals surface area contributed by atoms with Crippen molar-refractivity contribution in [3.05, 3.63) is 90.0 Å². The van der Waals surface area contributed by atoms with Gasteiger partial charge in [0.25, 0.3) is 0 Å². The summed E-state index contributed by atoms with van der Waals surface area (Å²) in [6, 6.07) is 29.5.